The lowest BCUT2D eigenvalue weighted by Gasteiger charge is -2.14. The maximum absolute atomic E-state index is 11.2. The number of benzene rings is 2. The van der Waals surface area contributed by atoms with Gasteiger partial charge in [0, 0.05) is 6.07 Å². The molecule has 1 radical (unpaired) electrons. The monoisotopic (exact) mass is 366 g/mol. The van der Waals surface area contributed by atoms with Gasteiger partial charge in [-0.3, -0.25) is 10.1 Å². The molecule has 2 rings (SSSR count). The van der Waals surface area contributed by atoms with Crippen LogP contribution in [-0.4, -0.2) is 14.0 Å². The van der Waals surface area contributed by atoms with Gasteiger partial charge in [-0.25, -0.2) is 0 Å². The first-order chi connectivity index (χ1) is 11.0. The Kier molecular flexibility index (Phi) is 6.35. The van der Waals surface area contributed by atoms with E-state index >= 15 is 0 Å². The van der Waals surface area contributed by atoms with Crippen LogP contribution >= 0.6 is 23.2 Å². The van der Waals surface area contributed by atoms with Crippen molar-refractivity contribution in [2.45, 2.75) is 12.7 Å². The van der Waals surface area contributed by atoms with Crippen molar-refractivity contribution in [2.75, 3.05) is 0 Å². The van der Waals surface area contributed by atoms with E-state index in [1.54, 1.807) is 6.08 Å². The average Bonchev–Trinajstić information content (AvgIpc) is 2.54. The lowest BCUT2D eigenvalue weighted by molar-refractivity contribution is -0.385. The lowest BCUT2D eigenvalue weighted by atomic mass is 10.2. The maximum Gasteiger partial charge on any atom is 0.276 e. The van der Waals surface area contributed by atoms with Crippen LogP contribution in [0.1, 0.15) is 5.56 Å². The molecule has 0 saturated heterocycles. The van der Waals surface area contributed by atoms with E-state index in [-0.39, 0.29) is 22.3 Å². The molecule has 0 aliphatic carbocycles. The number of hydrogen-bond donors (Lipinski definition) is 0. The van der Waals surface area contributed by atoms with Crippen LogP contribution in [0.2, 0.25) is 16.1 Å². The predicted octanol–water partition coefficient (Wildman–Crippen LogP) is 4.50. The molecule has 0 amide bonds. The summed E-state index contributed by atoms with van der Waals surface area (Å²) in [6.45, 7) is 3.85. The van der Waals surface area contributed by atoms with Crippen LogP contribution in [0.15, 0.2) is 55.1 Å². The normalized spacial score (nSPS) is 10.7. The molecule has 0 saturated carbocycles. The van der Waals surface area contributed by atoms with Gasteiger partial charge in [0.2, 0.25) is 0 Å². The second-order valence-corrected chi connectivity index (χ2v) is 7.66. The Hall–Kier alpha value is -1.66. The van der Waals surface area contributed by atoms with Crippen molar-refractivity contribution in [3.05, 3.63) is 80.8 Å². The maximum atomic E-state index is 11.2. The minimum absolute atomic E-state index is 0.0904. The Bertz CT molecular complexity index is 710. The Labute approximate surface area is 146 Å². The third-order valence-electron chi connectivity index (χ3n) is 3.15. The zero-order chi connectivity index (χ0) is 16.8. The van der Waals surface area contributed by atoms with E-state index in [2.05, 4.69) is 6.58 Å². The van der Waals surface area contributed by atoms with Gasteiger partial charge in [0.25, 0.3) is 14.7 Å². The van der Waals surface area contributed by atoms with E-state index in [1.807, 2.05) is 30.3 Å². The number of nitro benzene ring substituents is 1. The highest BCUT2D eigenvalue weighted by Gasteiger charge is 2.20. The van der Waals surface area contributed by atoms with Crippen LogP contribution in [0.25, 0.3) is 0 Å². The van der Waals surface area contributed by atoms with Crippen molar-refractivity contribution in [2.24, 2.45) is 0 Å². The largest absolute Gasteiger partial charge is 0.407 e. The van der Waals surface area contributed by atoms with Crippen molar-refractivity contribution >= 4 is 43.1 Å². The zero-order valence-electron chi connectivity index (χ0n) is 12.2. The molecule has 119 valence electrons. The van der Waals surface area contributed by atoms with Crippen molar-refractivity contribution in [1.82, 2.24) is 0 Å². The van der Waals surface area contributed by atoms with E-state index in [9.17, 15) is 10.1 Å². The molecule has 2 aromatic rings. The molecule has 0 aliphatic rings. The SMILES string of the molecule is C=CC[Si](OCc1cc(Cl)c(Cl)cc1[N+](=O)[O-])c1ccccc1. The number of allylic oxidation sites excluding steroid dienone is 1. The summed E-state index contributed by atoms with van der Waals surface area (Å²) in [6, 6.07) is 13.2. The number of nitrogens with zero attached hydrogens (tertiary/aromatic N) is 1. The van der Waals surface area contributed by atoms with Crippen molar-refractivity contribution in [3.63, 3.8) is 0 Å². The Morgan fingerprint density at radius 1 is 1.22 bits per heavy atom. The fraction of sp³-hybridized carbons (Fsp3) is 0.125. The van der Waals surface area contributed by atoms with E-state index in [0.29, 0.717) is 11.6 Å². The molecule has 0 heterocycles. The quantitative estimate of drug-likeness (QED) is 0.313. The molecule has 0 bridgehead atoms. The smallest absolute Gasteiger partial charge is 0.276 e. The first-order valence-corrected chi connectivity index (χ1v) is 9.17. The van der Waals surface area contributed by atoms with Crippen molar-refractivity contribution in [1.29, 1.82) is 0 Å². The molecule has 7 heteroatoms. The topological polar surface area (TPSA) is 52.4 Å². The third kappa shape index (κ3) is 4.65. The van der Waals surface area contributed by atoms with Crippen LogP contribution in [0.4, 0.5) is 5.69 Å². The molecular formula is C16H14Cl2NO3Si. The number of hydrogen-bond acceptors (Lipinski definition) is 3. The fourth-order valence-electron chi connectivity index (χ4n) is 2.04. The van der Waals surface area contributed by atoms with Gasteiger partial charge in [-0.15, -0.1) is 6.58 Å². The van der Waals surface area contributed by atoms with Gasteiger partial charge in [-0.05, 0) is 17.3 Å². The molecule has 23 heavy (non-hydrogen) atoms. The van der Waals surface area contributed by atoms with Crippen LogP contribution < -0.4 is 5.19 Å². The summed E-state index contributed by atoms with van der Waals surface area (Å²) in [5, 5.41) is 12.7. The van der Waals surface area contributed by atoms with Crippen LogP contribution in [-0.2, 0) is 11.0 Å². The minimum atomic E-state index is -1.35. The van der Waals surface area contributed by atoms with Gasteiger partial charge in [0.15, 0.2) is 0 Å². The molecule has 2 aromatic carbocycles. The van der Waals surface area contributed by atoms with Gasteiger partial charge < -0.3 is 4.43 Å². The van der Waals surface area contributed by atoms with E-state index in [4.69, 9.17) is 27.6 Å². The van der Waals surface area contributed by atoms with Crippen molar-refractivity contribution < 1.29 is 9.35 Å². The van der Waals surface area contributed by atoms with E-state index < -0.39 is 14.0 Å². The number of rotatable bonds is 7. The Morgan fingerprint density at radius 2 is 1.87 bits per heavy atom. The van der Waals surface area contributed by atoms with E-state index in [0.717, 1.165) is 5.19 Å². The summed E-state index contributed by atoms with van der Waals surface area (Å²) in [7, 11) is -1.35. The van der Waals surface area contributed by atoms with Crippen LogP contribution in [0.3, 0.4) is 0 Å². The summed E-state index contributed by atoms with van der Waals surface area (Å²) in [5.74, 6) is 0. The Morgan fingerprint density at radius 3 is 2.48 bits per heavy atom. The molecule has 0 spiro atoms. The predicted molar refractivity (Wildman–Crippen MR) is 94.7 cm³/mol. The summed E-state index contributed by atoms with van der Waals surface area (Å²) in [6.07, 6.45) is 1.80. The first-order valence-electron chi connectivity index (χ1n) is 6.80. The number of nitro groups is 1. The molecule has 0 aliphatic heterocycles. The highest BCUT2D eigenvalue weighted by atomic mass is 35.5. The van der Waals surface area contributed by atoms with Gasteiger partial charge in [-0.1, -0.05) is 59.6 Å². The van der Waals surface area contributed by atoms with Crippen LogP contribution in [0, 0.1) is 10.1 Å². The lowest BCUT2D eigenvalue weighted by Crippen LogP contribution is -2.32. The fourth-order valence-corrected chi connectivity index (χ4v) is 4.06. The van der Waals surface area contributed by atoms with Gasteiger partial charge in [0.05, 0.1) is 27.1 Å². The summed E-state index contributed by atoms with van der Waals surface area (Å²) in [4.78, 5) is 10.7. The molecule has 4 nitrogen and oxygen atoms in total. The van der Waals surface area contributed by atoms with E-state index in [1.165, 1.54) is 12.1 Å². The highest BCUT2D eigenvalue weighted by Crippen LogP contribution is 2.31. The zero-order valence-corrected chi connectivity index (χ0v) is 14.7. The Balaban J connectivity index is 2.22. The summed E-state index contributed by atoms with van der Waals surface area (Å²) < 4.78 is 5.96. The molecule has 0 atom stereocenters. The second-order valence-electron chi connectivity index (χ2n) is 4.72. The summed E-state index contributed by atoms with van der Waals surface area (Å²) >= 11 is 11.8. The minimum Gasteiger partial charge on any atom is -0.407 e. The molecular weight excluding hydrogens is 353 g/mol. The van der Waals surface area contributed by atoms with Gasteiger partial charge in [0.1, 0.15) is 0 Å². The summed E-state index contributed by atoms with van der Waals surface area (Å²) in [5.41, 5.74) is 0.319. The third-order valence-corrected chi connectivity index (χ3v) is 6.00. The van der Waals surface area contributed by atoms with Crippen LogP contribution in [0.5, 0.6) is 0 Å². The first kappa shape index (κ1) is 17.7. The second kappa shape index (κ2) is 8.26. The molecule has 0 unspecified atom stereocenters. The van der Waals surface area contributed by atoms with Gasteiger partial charge in [-0.2, -0.15) is 0 Å². The van der Waals surface area contributed by atoms with Crippen molar-refractivity contribution in [3.8, 4) is 0 Å². The van der Waals surface area contributed by atoms with Gasteiger partial charge >= 0.3 is 0 Å². The number of halogens is 2. The molecule has 0 fully saturated rings. The average molecular weight is 367 g/mol. The molecule has 0 aromatic heterocycles. The molecule has 0 N–H and O–H groups in total. The highest BCUT2D eigenvalue weighted by molar-refractivity contribution is 6.67. The standard InChI is InChI=1S/C16H14Cl2NO3Si/c1-2-8-23(13-6-4-3-5-7-13)22-11-12-9-14(17)15(18)10-16(12)19(20)21/h2-7,9-10H,1,8,11H2.